The Morgan fingerprint density at radius 2 is 1.69 bits per heavy atom. The number of carbonyl (C=O) groups excluding carboxylic acids is 3. The molecule has 2 aliphatic heterocycles. The number of carbonyl (C=O) groups is 3. The normalized spacial score (nSPS) is 15.7. The van der Waals surface area contributed by atoms with Gasteiger partial charge in [-0.15, -0.1) is 0 Å². The molecule has 3 amide bonds. The number of amides is 3. The van der Waals surface area contributed by atoms with Crippen molar-refractivity contribution < 1.29 is 23.2 Å². The maximum Gasteiger partial charge on any atom is 0.259 e. The lowest BCUT2D eigenvalue weighted by Gasteiger charge is -2.25. The number of nitrogens with one attached hydrogen (secondary N) is 2. The molecular formula is C28H23F2N5O3S. The molecule has 0 aromatic heterocycles. The first-order chi connectivity index (χ1) is 18.9. The molecule has 11 heteroatoms. The van der Waals surface area contributed by atoms with Gasteiger partial charge in [-0.25, -0.2) is 18.7 Å². The number of thioether (sulfide) groups is 1. The van der Waals surface area contributed by atoms with E-state index < -0.39 is 17.8 Å². The molecule has 0 radical (unpaired) electrons. The summed E-state index contributed by atoms with van der Waals surface area (Å²) in [4.78, 5) is 48.9. The van der Waals surface area contributed by atoms with Crippen LogP contribution in [0.15, 0.2) is 82.8 Å². The Hall–Kier alpha value is -4.38. The van der Waals surface area contributed by atoms with Crippen molar-refractivity contribution in [3.8, 4) is 0 Å². The van der Waals surface area contributed by atoms with Gasteiger partial charge in [0.25, 0.3) is 5.91 Å². The van der Waals surface area contributed by atoms with Gasteiger partial charge in [0, 0.05) is 18.5 Å². The zero-order chi connectivity index (χ0) is 27.4. The first-order valence-corrected chi connectivity index (χ1v) is 13.2. The van der Waals surface area contributed by atoms with Crippen molar-refractivity contribution in [3.63, 3.8) is 0 Å². The van der Waals surface area contributed by atoms with Crippen molar-refractivity contribution >= 4 is 51.9 Å². The van der Waals surface area contributed by atoms with Crippen LogP contribution in [0.3, 0.4) is 0 Å². The van der Waals surface area contributed by atoms with Gasteiger partial charge in [-0.2, -0.15) is 0 Å². The first-order valence-electron chi connectivity index (χ1n) is 12.2. The topological polar surface area (TPSA) is 103 Å². The average molecular weight is 548 g/mol. The highest BCUT2D eigenvalue weighted by Crippen LogP contribution is 2.34. The zero-order valence-electron chi connectivity index (χ0n) is 20.6. The molecule has 0 fully saturated rings. The van der Waals surface area contributed by atoms with E-state index in [0.29, 0.717) is 17.1 Å². The molecular weight excluding hydrogens is 524 g/mol. The van der Waals surface area contributed by atoms with Gasteiger partial charge >= 0.3 is 0 Å². The monoisotopic (exact) mass is 547 g/mol. The Labute approximate surface area is 227 Å². The number of amidine groups is 2. The van der Waals surface area contributed by atoms with Crippen LogP contribution in [0.1, 0.15) is 24.0 Å². The van der Waals surface area contributed by atoms with Crippen molar-refractivity contribution in [3.05, 3.63) is 95.6 Å². The van der Waals surface area contributed by atoms with Crippen molar-refractivity contribution in [2.24, 2.45) is 9.98 Å². The molecule has 0 aliphatic carbocycles. The second-order valence-corrected chi connectivity index (χ2v) is 9.75. The summed E-state index contributed by atoms with van der Waals surface area (Å²) in [6, 6.07) is 18.1. The van der Waals surface area contributed by atoms with Crippen LogP contribution >= 0.6 is 11.8 Å². The number of hydrogen-bond donors (Lipinski definition) is 2. The van der Waals surface area contributed by atoms with Gasteiger partial charge in [-0.1, -0.05) is 48.2 Å². The largest absolute Gasteiger partial charge is 0.352 e. The van der Waals surface area contributed by atoms with Crippen LogP contribution in [-0.4, -0.2) is 45.4 Å². The molecule has 198 valence electrons. The summed E-state index contributed by atoms with van der Waals surface area (Å²) in [5, 5.41) is 5.57. The number of rotatable bonds is 8. The smallest absolute Gasteiger partial charge is 0.259 e. The molecule has 8 nitrogen and oxygen atoms in total. The van der Waals surface area contributed by atoms with E-state index in [4.69, 9.17) is 0 Å². The minimum Gasteiger partial charge on any atom is -0.352 e. The van der Waals surface area contributed by atoms with Crippen molar-refractivity contribution in [2.75, 3.05) is 11.1 Å². The van der Waals surface area contributed by atoms with Crippen molar-refractivity contribution in [1.29, 1.82) is 0 Å². The minimum atomic E-state index is -0.791. The van der Waals surface area contributed by atoms with Crippen LogP contribution in [-0.2, 0) is 20.9 Å². The Morgan fingerprint density at radius 3 is 2.49 bits per heavy atom. The van der Waals surface area contributed by atoms with E-state index in [1.807, 2.05) is 18.2 Å². The molecule has 39 heavy (non-hydrogen) atoms. The third-order valence-electron chi connectivity index (χ3n) is 6.08. The third kappa shape index (κ3) is 6.04. The van der Waals surface area contributed by atoms with Crippen LogP contribution < -0.4 is 10.6 Å². The summed E-state index contributed by atoms with van der Waals surface area (Å²) < 4.78 is 27.0. The molecule has 0 unspecified atom stereocenters. The fourth-order valence-electron chi connectivity index (χ4n) is 4.13. The summed E-state index contributed by atoms with van der Waals surface area (Å²) >= 11 is 1.04. The maximum atomic E-state index is 13.9. The Bertz CT molecular complexity index is 1490. The summed E-state index contributed by atoms with van der Waals surface area (Å²) in [6.45, 7) is 0.244. The molecule has 5 rings (SSSR count). The predicted octanol–water partition coefficient (Wildman–Crippen LogP) is 4.39. The minimum absolute atomic E-state index is 0.0640. The van der Waals surface area contributed by atoms with E-state index >= 15 is 0 Å². The molecule has 3 aromatic rings. The van der Waals surface area contributed by atoms with E-state index in [1.165, 1.54) is 35.2 Å². The molecule has 0 spiro atoms. The Balaban J connectivity index is 1.24. The van der Waals surface area contributed by atoms with Crippen molar-refractivity contribution in [1.82, 2.24) is 10.2 Å². The molecule has 0 bridgehead atoms. The molecule has 3 aromatic carbocycles. The van der Waals surface area contributed by atoms with Gasteiger partial charge < -0.3 is 10.6 Å². The van der Waals surface area contributed by atoms with Crippen LogP contribution in [0.2, 0.25) is 0 Å². The second kappa shape index (κ2) is 11.6. The van der Waals surface area contributed by atoms with E-state index in [1.54, 1.807) is 24.3 Å². The average Bonchev–Trinajstić information content (AvgIpc) is 3.28. The van der Waals surface area contributed by atoms with E-state index in [9.17, 15) is 23.2 Å². The highest BCUT2D eigenvalue weighted by atomic mass is 32.2. The summed E-state index contributed by atoms with van der Waals surface area (Å²) in [7, 11) is 0. The summed E-state index contributed by atoms with van der Waals surface area (Å²) in [5.41, 5.74) is 2.10. The third-order valence-corrected chi connectivity index (χ3v) is 7.01. The molecule has 1 atom stereocenters. The number of aliphatic imine (C=N–C) groups is 2. The lowest BCUT2D eigenvalue weighted by Crippen LogP contribution is -2.41. The predicted molar refractivity (Wildman–Crippen MR) is 146 cm³/mol. The Morgan fingerprint density at radius 1 is 0.949 bits per heavy atom. The standard InChI is InChI=1S/C28H23F2N5O3S/c29-18-11-9-17(10-12-18)15-31-24(36)14-13-23-27(38)35-26(33-23)19-5-1-3-7-21(19)34-28(35)39-16-25(37)32-22-8-4-2-6-20(22)30/h1-12,23H,13-16H2,(H,31,36)(H,32,37)/t23-/m1/s1. The van der Waals surface area contributed by atoms with Crippen molar-refractivity contribution in [2.45, 2.75) is 25.4 Å². The van der Waals surface area contributed by atoms with E-state index in [0.717, 1.165) is 17.3 Å². The number of hydrogen-bond acceptors (Lipinski definition) is 6. The summed E-state index contributed by atoms with van der Waals surface area (Å²) in [6.07, 6.45) is 0.247. The van der Waals surface area contributed by atoms with Gasteiger partial charge in [-0.3, -0.25) is 19.4 Å². The fourth-order valence-corrected chi connectivity index (χ4v) is 4.93. The number of anilines is 1. The Kier molecular flexibility index (Phi) is 7.78. The van der Waals surface area contributed by atoms with Gasteiger partial charge in [0.2, 0.25) is 11.8 Å². The molecule has 0 saturated carbocycles. The number of fused-ring (bicyclic) bond motifs is 3. The quantitative estimate of drug-likeness (QED) is 0.437. The van der Waals surface area contributed by atoms with Gasteiger partial charge in [0.15, 0.2) is 5.17 Å². The number of benzene rings is 3. The lowest BCUT2D eigenvalue weighted by atomic mass is 10.1. The molecule has 2 aliphatic rings. The fraction of sp³-hybridized carbons (Fsp3) is 0.179. The summed E-state index contributed by atoms with van der Waals surface area (Å²) in [5.74, 6) is -1.65. The number of para-hydroxylation sites is 2. The molecule has 0 saturated heterocycles. The molecule has 2 N–H and O–H groups in total. The highest BCUT2D eigenvalue weighted by Gasteiger charge is 2.41. The van der Waals surface area contributed by atoms with Crippen LogP contribution in [0.25, 0.3) is 0 Å². The van der Waals surface area contributed by atoms with Gasteiger partial charge in [0.1, 0.15) is 23.5 Å². The van der Waals surface area contributed by atoms with Gasteiger partial charge in [0.05, 0.1) is 17.1 Å². The lowest BCUT2D eigenvalue weighted by molar-refractivity contribution is -0.125. The maximum absolute atomic E-state index is 13.9. The van der Waals surface area contributed by atoms with E-state index in [2.05, 4.69) is 20.6 Å². The number of halogens is 2. The van der Waals surface area contributed by atoms with Crippen LogP contribution in [0.4, 0.5) is 20.2 Å². The highest BCUT2D eigenvalue weighted by molar-refractivity contribution is 8.14. The zero-order valence-corrected chi connectivity index (χ0v) is 21.4. The van der Waals surface area contributed by atoms with E-state index in [-0.39, 0.29) is 53.6 Å². The number of nitrogens with zero attached hydrogens (tertiary/aromatic N) is 3. The first kappa shape index (κ1) is 26.2. The van der Waals surface area contributed by atoms with Gasteiger partial charge in [-0.05, 0) is 48.4 Å². The second-order valence-electron chi connectivity index (χ2n) is 8.81. The van der Waals surface area contributed by atoms with Crippen LogP contribution in [0, 0.1) is 11.6 Å². The molecule has 2 heterocycles. The SMILES string of the molecule is O=C(CC[C@H]1N=C2c3ccccc3N=C(SCC(=O)Nc3ccccc3F)N2C1=O)NCc1ccc(F)cc1. The van der Waals surface area contributed by atoms with Crippen LogP contribution in [0.5, 0.6) is 0 Å².